The molecule has 4 aromatic rings. The minimum absolute atomic E-state index is 0.0287. The van der Waals surface area contributed by atoms with E-state index in [0.717, 1.165) is 22.3 Å². The molecule has 0 unspecified atom stereocenters. The van der Waals surface area contributed by atoms with Crippen LogP contribution in [0.5, 0.6) is 0 Å². The zero-order chi connectivity index (χ0) is 32.0. The van der Waals surface area contributed by atoms with E-state index in [1.165, 1.54) is 0 Å². The van der Waals surface area contributed by atoms with Crippen LogP contribution in [0.25, 0.3) is 0 Å². The van der Waals surface area contributed by atoms with Crippen molar-refractivity contribution in [2.24, 2.45) is 0 Å². The van der Waals surface area contributed by atoms with E-state index in [0.29, 0.717) is 13.2 Å². The largest absolute Gasteiger partial charge is 0.395 e. The van der Waals surface area contributed by atoms with Crippen LogP contribution in [0.1, 0.15) is 28.7 Å². The average Bonchev–Trinajstić information content (AvgIpc) is 3.10. The van der Waals surface area contributed by atoms with Crippen molar-refractivity contribution in [1.82, 2.24) is 5.32 Å². The lowest BCUT2D eigenvalue weighted by molar-refractivity contribution is -0.256. The molecule has 1 saturated carbocycles. The third-order valence-corrected chi connectivity index (χ3v) is 8.32. The second-order valence-electron chi connectivity index (χ2n) is 11.9. The van der Waals surface area contributed by atoms with E-state index in [1.807, 2.05) is 121 Å². The Labute approximate surface area is 271 Å². The number of aliphatic hydroxyl groups is 3. The third-order valence-electron chi connectivity index (χ3n) is 8.32. The van der Waals surface area contributed by atoms with E-state index >= 15 is 0 Å². The monoisotopic (exact) mass is 627 g/mol. The van der Waals surface area contributed by atoms with Gasteiger partial charge in [0.05, 0.1) is 52.3 Å². The zero-order valence-corrected chi connectivity index (χ0v) is 26.1. The third kappa shape index (κ3) is 9.54. The van der Waals surface area contributed by atoms with Crippen molar-refractivity contribution in [3.05, 3.63) is 144 Å². The van der Waals surface area contributed by atoms with Crippen LogP contribution in [0.3, 0.4) is 0 Å². The van der Waals surface area contributed by atoms with Crippen LogP contribution in [-0.2, 0) is 45.4 Å². The van der Waals surface area contributed by atoms with Gasteiger partial charge in [-0.15, -0.1) is 0 Å². The van der Waals surface area contributed by atoms with Gasteiger partial charge in [0.1, 0.15) is 23.9 Å². The molecule has 0 saturated heterocycles. The van der Waals surface area contributed by atoms with Crippen molar-refractivity contribution in [2.75, 3.05) is 19.8 Å². The van der Waals surface area contributed by atoms with Gasteiger partial charge in [0.2, 0.25) is 0 Å². The Balaban J connectivity index is 1.48. The first kappa shape index (κ1) is 33.9. The summed E-state index contributed by atoms with van der Waals surface area (Å²) in [5.41, 5.74) is 2.38. The molecule has 8 heteroatoms. The molecule has 244 valence electrons. The highest BCUT2D eigenvalue weighted by atomic mass is 16.6. The van der Waals surface area contributed by atoms with E-state index in [1.54, 1.807) is 0 Å². The Bertz CT molecular complexity index is 1390. The Kier molecular flexibility index (Phi) is 12.9. The van der Waals surface area contributed by atoms with Crippen LogP contribution in [0, 0.1) is 0 Å². The first-order chi connectivity index (χ1) is 22.6. The number of hydrogen-bond acceptors (Lipinski definition) is 8. The Morgan fingerprint density at radius 3 is 1.46 bits per heavy atom. The van der Waals surface area contributed by atoms with Gasteiger partial charge in [-0.3, -0.25) is 0 Å². The van der Waals surface area contributed by atoms with Crippen molar-refractivity contribution >= 4 is 0 Å². The summed E-state index contributed by atoms with van der Waals surface area (Å²) in [4.78, 5) is 0. The molecule has 0 radical (unpaired) electrons. The smallest absolute Gasteiger partial charge is 0.118 e. The van der Waals surface area contributed by atoms with Crippen molar-refractivity contribution in [2.45, 2.75) is 68.8 Å². The van der Waals surface area contributed by atoms with Gasteiger partial charge < -0.3 is 39.6 Å². The van der Waals surface area contributed by atoms with Gasteiger partial charge in [0, 0.05) is 6.04 Å². The lowest BCUT2D eigenvalue weighted by Gasteiger charge is -2.51. The molecule has 0 bridgehead atoms. The normalized spacial score (nSPS) is 23.0. The van der Waals surface area contributed by atoms with Crippen LogP contribution in [0.15, 0.2) is 121 Å². The Hall–Kier alpha value is -3.44. The molecule has 5 rings (SSSR count). The molecule has 5 atom stereocenters. The van der Waals surface area contributed by atoms with Gasteiger partial charge in [0.15, 0.2) is 0 Å². The lowest BCUT2D eigenvalue weighted by atomic mass is 9.75. The van der Waals surface area contributed by atoms with Gasteiger partial charge in [-0.2, -0.15) is 0 Å². The summed E-state index contributed by atoms with van der Waals surface area (Å²) in [6.07, 6.45) is -2.03. The molecule has 4 N–H and O–H groups in total. The van der Waals surface area contributed by atoms with E-state index in [2.05, 4.69) is 5.32 Å². The number of ether oxygens (including phenoxy) is 4. The number of benzene rings is 4. The molecule has 1 aliphatic rings. The highest BCUT2D eigenvalue weighted by Gasteiger charge is 2.55. The topological polar surface area (TPSA) is 110 Å². The van der Waals surface area contributed by atoms with Crippen LogP contribution in [0.2, 0.25) is 0 Å². The summed E-state index contributed by atoms with van der Waals surface area (Å²) >= 11 is 0. The molecule has 46 heavy (non-hydrogen) atoms. The summed E-state index contributed by atoms with van der Waals surface area (Å²) in [7, 11) is 0. The fraction of sp³-hybridized carbons (Fsp3) is 0.368. The fourth-order valence-corrected chi connectivity index (χ4v) is 5.94. The highest BCUT2D eigenvalue weighted by Crippen LogP contribution is 2.37. The van der Waals surface area contributed by atoms with E-state index in [9.17, 15) is 15.3 Å². The molecule has 0 heterocycles. The van der Waals surface area contributed by atoms with Crippen molar-refractivity contribution in [3.63, 3.8) is 0 Å². The summed E-state index contributed by atoms with van der Waals surface area (Å²) < 4.78 is 26.1. The standard InChI is InChI=1S/C38H45NO7/c40-22-33(23-41)39-34-21-38(42,28-43-24-29-13-5-1-6-14-29)37(46-27-32-19-11-4-12-20-32)36(45-26-31-17-9-3-10-18-31)35(34)44-25-30-15-7-2-8-16-30/h1-20,33-37,39-42H,21-28H2/t34-,35-,36+,37-,38+/m0/s1. The minimum Gasteiger partial charge on any atom is -0.395 e. The Morgan fingerprint density at radius 2 is 1.00 bits per heavy atom. The summed E-state index contributed by atoms with van der Waals surface area (Å²) in [5.74, 6) is 0. The number of hydrogen-bond donors (Lipinski definition) is 4. The maximum atomic E-state index is 12.5. The van der Waals surface area contributed by atoms with E-state index in [-0.39, 0.29) is 39.5 Å². The molecule has 0 aliphatic heterocycles. The average molecular weight is 628 g/mol. The fourth-order valence-electron chi connectivity index (χ4n) is 5.94. The predicted molar refractivity (Wildman–Crippen MR) is 176 cm³/mol. The minimum atomic E-state index is -1.51. The van der Waals surface area contributed by atoms with Crippen LogP contribution in [0.4, 0.5) is 0 Å². The first-order valence-electron chi connectivity index (χ1n) is 15.9. The van der Waals surface area contributed by atoms with Crippen LogP contribution in [-0.4, -0.2) is 71.1 Å². The van der Waals surface area contributed by atoms with Gasteiger partial charge in [-0.25, -0.2) is 0 Å². The summed E-state index contributed by atoms with van der Waals surface area (Å²) in [6, 6.07) is 38.2. The lowest BCUT2D eigenvalue weighted by Crippen LogP contribution is -2.70. The molecule has 1 aliphatic carbocycles. The van der Waals surface area contributed by atoms with Gasteiger partial charge in [-0.05, 0) is 28.7 Å². The maximum absolute atomic E-state index is 12.5. The molecule has 0 amide bonds. The second kappa shape index (κ2) is 17.5. The van der Waals surface area contributed by atoms with Gasteiger partial charge in [-0.1, -0.05) is 121 Å². The molecule has 0 spiro atoms. The van der Waals surface area contributed by atoms with Gasteiger partial charge in [0.25, 0.3) is 0 Å². The van der Waals surface area contributed by atoms with E-state index in [4.69, 9.17) is 18.9 Å². The van der Waals surface area contributed by atoms with Gasteiger partial charge >= 0.3 is 0 Å². The van der Waals surface area contributed by atoms with Crippen molar-refractivity contribution in [1.29, 1.82) is 0 Å². The molecule has 4 aromatic carbocycles. The molecule has 8 nitrogen and oxygen atoms in total. The summed E-state index contributed by atoms with van der Waals surface area (Å²) in [5, 5.41) is 35.9. The van der Waals surface area contributed by atoms with Crippen molar-refractivity contribution < 1.29 is 34.3 Å². The Morgan fingerprint density at radius 1 is 0.587 bits per heavy atom. The predicted octanol–water partition coefficient (Wildman–Crippen LogP) is 4.41. The SMILES string of the molecule is OCC(CO)N[C@H]1C[C@@](O)(COCc2ccccc2)[C@@H](OCc2ccccc2)[C@H](OCc2ccccc2)[C@H]1OCc1ccccc1. The number of nitrogens with one attached hydrogen (secondary N) is 1. The number of aliphatic hydroxyl groups excluding tert-OH is 2. The molecule has 0 aromatic heterocycles. The first-order valence-corrected chi connectivity index (χ1v) is 15.9. The quantitative estimate of drug-likeness (QED) is 0.136. The summed E-state index contributed by atoms with van der Waals surface area (Å²) in [6.45, 7) is 0.517. The molecule has 1 fully saturated rings. The van der Waals surface area contributed by atoms with Crippen molar-refractivity contribution in [3.8, 4) is 0 Å². The van der Waals surface area contributed by atoms with Crippen LogP contribution >= 0.6 is 0 Å². The van der Waals surface area contributed by atoms with E-state index < -0.39 is 36.0 Å². The molecular formula is C38H45NO7. The van der Waals surface area contributed by atoms with Crippen LogP contribution < -0.4 is 5.32 Å². The highest BCUT2D eigenvalue weighted by molar-refractivity contribution is 5.18. The second-order valence-corrected chi connectivity index (χ2v) is 11.9. The zero-order valence-electron chi connectivity index (χ0n) is 26.1. The number of rotatable bonds is 17. The maximum Gasteiger partial charge on any atom is 0.118 e. The molecular weight excluding hydrogens is 582 g/mol.